The number of ether oxygens (including phenoxy) is 1. The maximum atomic E-state index is 5.21. The minimum absolute atomic E-state index is 0.423. The molecule has 1 aliphatic carbocycles. The fraction of sp³-hybridized carbons (Fsp3) is 0.647. The second-order valence-electron chi connectivity index (χ2n) is 5.80. The Morgan fingerprint density at radius 1 is 1.26 bits per heavy atom. The summed E-state index contributed by atoms with van der Waals surface area (Å²) in [6, 6.07) is 9.53. The zero-order valence-electron chi connectivity index (χ0n) is 12.5. The second kappa shape index (κ2) is 6.95. The minimum atomic E-state index is 0.423. The maximum Gasteiger partial charge on any atom is 0.118 e. The van der Waals surface area contributed by atoms with Gasteiger partial charge in [0.1, 0.15) is 5.75 Å². The molecule has 0 amide bonds. The highest BCUT2D eigenvalue weighted by molar-refractivity contribution is 5.28. The number of hydrogen-bond donors (Lipinski definition) is 1. The van der Waals surface area contributed by atoms with Gasteiger partial charge in [-0.2, -0.15) is 0 Å². The van der Waals surface area contributed by atoms with Crippen molar-refractivity contribution < 1.29 is 4.74 Å². The van der Waals surface area contributed by atoms with E-state index in [9.17, 15) is 0 Å². The summed E-state index contributed by atoms with van der Waals surface area (Å²) in [6.45, 7) is 4.58. The van der Waals surface area contributed by atoms with Crippen LogP contribution in [0.15, 0.2) is 24.3 Å². The van der Waals surface area contributed by atoms with E-state index in [0.717, 1.165) is 11.7 Å². The quantitative estimate of drug-likeness (QED) is 0.852. The lowest BCUT2D eigenvalue weighted by atomic mass is 9.84. The van der Waals surface area contributed by atoms with Crippen molar-refractivity contribution in [1.29, 1.82) is 0 Å². The van der Waals surface area contributed by atoms with Crippen molar-refractivity contribution in [3.8, 4) is 5.75 Å². The largest absolute Gasteiger partial charge is 0.497 e. The van der Waals surface area contributed by atoms with Crippen molar-refractivity contribution in [2.75, 3.05) is 7.11 Å². The summed E-state index contributed by atoms with van der Waals surface area (Å²) in [7, 11) is 1.71. The molecule has 2 rings (SSSR count). The van der Waals surface area contributed by atoms with E-state index in [1.54, 1.807) is 7.11 Å². The first-order valence-electron chi connectivity index (χ1n) is 7.63. The number of rotatable bonds is 5. The van der Waals surface area contributed by atoms with Crippen molar-refractivity contribution in [1.82, 2.24) is 5.32 Å². The van der Waals surface area contributed by atoms with Gasteiger partial charge in [-0.05, 0) is 43.4 Å². The minimum Gasteiger partial charge on any atom is -0.497 e. The van der Waals surface area contributed by atoms with Crippen molar-refractivity contribution in [3.05, 3.63) is 29.8 Å². The molecular weight excluding hydrogens is 234 g/mol. The van der Waals surface area contributed by atoms with E-state index in [-0.39, 0.29) is 0 Å². The lowest BCUT2D eigenvalue weighted by molar-refractivity contribution is 0.266. The van der Waals surface area contributed by atoms with E-state index in [2.05, 4.69) is 31.3 Å². The number of nitrogens with one attached hydrogen (secondary N) is 1. The topological polar surface area (TPSA) is 21.3 Å². The lowest BCUT2D eigenvalue weighted by Gasteiger charge is -2.31. The summed E-state index contributed by atoms with van der Waals surface area (Å²) in [5.41, 5.74) is 1.35. The maximum absolute atomic E-state index is 5.21. The first-order chi connectivity index (χ1) is 9.22. The molecule has 1 aromatic rings. The molecule has 2 nitrogen and oxygen atoms in total. The second-order valence-corrected chi connectivity index (χ2v) is 5.80. The van der Waals surface area contributed by atoms with E-state index >= 15 is 0 Å². The molecule has 0 aromatic heterocycles. The Morgan fingerprint density at radius 2 is 2.00 bits per heavy atom. The van der Waals surface area contributed by atoms with Crippen LogP contribution in [0.4, 0.5) is 0 Å². The standard InChI is InChI=1S/C17H27NO/c1-4-14-6-5-7-16(12-14)18-13(2)15-8-10-17(19-3)11-9-15/h8-11,13-14,16,18H,4-7,12H2,1-3H3. The van der Waals surface area contributed by atoms with Gasteiger partial charge in [0.2, 0.25) is 0 Å². The van der Waals surface area contributed by atoms with Crippen LogP contribution in [0.3, 0.4) is 0 Å². The summed E-state index contributed by atoms with van der Waals surface area (Å²) in [4.78, 5) is 0. The summed E-state index contributed by atoms with van der Waals surface area (Å²) >= 11 is 0. The van der Waals surface area contributed by atoms with Crippen molar-refractivity contribution >= 4 is 0 Å². The summed E-state index contributed by atoms with van der Waals surface area (Å²) in [5.74, 6) is 1.86. The Bertz CT molecular complexity index is 373. The first kappa shape index (κ1) is 14.4. The fourth-order valence-electron chi connectivity index (χ4n) is 3.16. The van der Waals surface area contributed by atoms with Gasteiger partial charge >= 0.3 is 0 Å². The smallest absolute Gasteiger partial charge is 0.118 e. The molecule has 1 N–H and O–H groups in total. The summed E-state index contributed by atoms with van der Waals surface area (Å²) in [5, 5.41) is 3.80. The van der Waals surface area contributed by atoms with Crippen molar-refractivity contribution in [3.63, 3.8) is 0 Å². The molecule has 0 heterocycles. The third kappa shape index (κ3) is 3.97. The molecule has 1 saturated carbocycles. The van der Waals surface area contributed by atoms with E-state index < -0.39 is 0 Å². The fourth-order valence-corrected chi connectivity index (χ4v) is 3.16. The third-order valence-corrected chi connectivity index (χ3v) is 4.46. The highest BCUT2D eigenvalue weighted by Gasteiger charge is 2.22. The van der Waals surface area contributed by atoms with Crippen LogP contribution in [0.5, 0.6) is 5.75 Å². The van der Waals surface area contributed by atoms with Crippen LogP contribution in [0, 0.1) is 5.92 Å². The van der Waals surface area contributed by atoms with Gasteiger partial charge in [0.05, 0.1) is 7.11 Å². The Kier molecular flexibility index (Phi) is 5.26. The lowest BCUT2D eigenvalue weighted by Crippen LogP contribution is -2.35. The van der Waals surface area contributed by atoms with Crippen LogP contribution in [0.25, 0.3) is 0 Å². The highest BCUT2D eigenvalue weighted by Crippen LogP contribution is 2.28. The molecule has 1 aliphatic rings. The van der Waals surface area contributed by atoms with E-state index in [0.29, 0.717) is 12.1 Å². The van der Waals surface area contributed by atoms with E-state index in [1.807, 2.05) is 12.1 Å². The van der Waals surface area contributed by atoms with Crippen LogP contribution in [0.2, 0.25) is 0 Å². The average Bonchev–Trinajstić information content (AvgIpc) is 2.47. The molecule has 0 radical (unpaired) electrons. The van der Waals surface area contributed by atoms with Gasteiger partial charge in [0.25, 0.3) is 0 Å². The Hall–Kier alpha value is -1.02. The SMILES string of the molecule is CCC1CCCC(NC(C)c2ccc(OC)cc2)C1. The van der Waals surface area contributed by atoms with Crippen molar-refractivity contribution in [2.45, 2.75) is 58.0 Å². The van der Waals surface area contributed by atoms with Gasteiger partial charge in [-0.3, -0.25) is 0 Å². The molecule has 0 aliphatic heterocycles. The predicted octanol–water partition coefficient (Wildman–Crippen LogP) is 4.31. The summed E-state index contributed by atoms with van der Waals surface area (Å²) in [6.07, 6.45) is 6.81. The predicted molar refractivity (Wildman–Crippen MR) is 80.6 cm³/mol. The van der Waals surface area contributed by atoms with Gasteiger partial charge in [0, 0.05) is 12.1 Å². The molecule has 106 valence electrons. The van der Waals surface area contributed by atoms with E-state index in [1.165, 1.54) is 37.7 Å². The Balaban J connectivity index is 1.90. The molecule has 2 heteroatoms. The molecule has 1 aromatic carbocycles. The number of hydrogen-bond acceptors (Lipinski definition) is 2. The average molecular weight is 261 g/mol. The monoisotopic (exact) mass is 261 g/mol. The van der Waals surface area contributed by atoms with Crippen molar-refractivity contribution in [2.24, 2.45) is 5.92 Å². The number of methoxy groups -OCH3 is 1. The van der Waals surface area contributed by atoms with Gasteiger partial charge < -0.3 is 10.1 Å². The molecule has 3 unspecified atom stereocenters. The Labute approximate surface area is 117 Å². The molecule has 3 atom stereocenters. The normalized spacial score (nSPS) is 25.0. The van der Waals surface area contributed by atoms with E-state index in [4.69, 9.17) is 4.74 Å². The molecule has 19 heavy (non-hydrogen) atoms. The van der Waals surface area contributed by atoms with Gasteiger partial charge in [0.15, 0.2) is 0 Å². The van der Waals surface area contributed by atoms with Crippen LogP contribution in [-0.2, 0) is 0 Å². The molecule has 1 fully saturated rings. The molecule has 0 spiro atoms. The van der Waals surface area contributed by atoms with Crippen LogP contribution < -0.4 is 10.1 Å². The van der Waals surface area contributed by atoms with Crippen LogP contribution >= 0.6 is 0 Å². The zero-order chi connectivity index (χ0) is 13.7. The molecule has 0 saturated heterocycles. The third-order valence-electron chi connectivity index (χ3n) is 4.46. The molecule has 0 bridgehead atoms. The van der Waals surface area contributed by atoms with Gasteiger partial charge in [-0.15, -0.1) is 0 Å². The number of benzene rings is 1. The first-order valence-corrected chi connectivity index (χ1v) is 7.63. The Morgan fingerprint density at radius 3 is 2.63 bits per heavy atom. The van der Waals surface area contributed by atoms with Gasteiger partial charge in [-0.1, -0.05) is 38.3 Å². The van der Waals surface area contributed by atoms with Gasteiger partial charge in [-0.25, -0.2) is 0 Å². The van der Waals surface area contributed by atoms with Crippen LogP contribution in [-0.4, -0.2) is 13.2 Å². The van der Waals surface area contributed by atoms with Crippen LogP contribution in [0.1, 0.15) is 57.6 Å². The molecular formula is C17H27NO. The zero-order valence-corrected chi connectivity index (χ0v) is 12.5. The summed E-state index contributed by atoms with van der Waals surface area (Å²) < 4.78 is 5.21. The highest BCUT2D eigenvalue weighted by atomic mass is 16.5.